The lowest BCUT2D eigenvalue weighted by Crippen LogP contribution is -1.92. The van der Waals surface area contributed by atoms with Gasteiger partial charge in [-0.15, -0.1) is 0 Å². The third kappa shape index (κ3) is 1.91. The van der Waals surface area contributed by atoms with Crippen molar-refractivity contribution in [3.05, 3.63) is 40.3 Å². The van der Waals surface area contributed by atoms with Crippen molar-refractivity contribution in [2.24, 2.45) is 0 Å². The Hall–Kier alpha value is -2.17. The van der Waals surface area contributed by atoms with Crippen molar-refractivity contribution in [1.82, 2.24) is 4.98 Å². The first-order chi connectivity index (χ1) is 8.17. The van der Waals surface area contributed by atoms with Gasteiger partial charge in [-0.3, -0.25) is 4.98 Å². The minimum Gasteiger partial charge on any atom is -0.252 e. The second kappa shape index (κ2) is 4.37. The van der Waals surface area contributed by atoms with Crippen LogP contribution in [0, 0.1) is 28.5 Å². The summed E-state index contributed by atoms with van der Waals surface area (Å²) in [6.07, 6.45) is 1.32. The van der Waals surface area contributed by atoms with E-state index in [0.29, 0.717) is 10.9 Å². The summed E-state index contributed by atoms with van der Waals surface area (Å²) < 4.78 is 13.7. The summed E-state index contributed by atoms with van der Waals surface area (Å²) in [6.45, 7) is 0. The fraction of sp³-hybridized carbons (Fsp3) is 0.0833. The molecule has 0 spiro atoms. The summed E-state index contributed by atoms with van der Waals surface area (Å²) >= 11 is 5.97. The van der Waals surface area contributed by atoms with E-state index in [1.54, 1.807) is 6.07 Å². The van der Waals surface area contributed by atoms with Crippen LogP contribution in [0.15, 0.2) is 18.3 Å². The highest BCUT2D eigenvalue weighted by molar-refractivity contribution is 6.36. The van der Waals surface area contributed by atoms with Gasteiger partial charge in [0, 0.05) is 11.6 Å². The fourth-order valence-electron chi connectivity index (χ4n) is 1.56. The Bertz CT molecular complexity index is 683. The lowest BCUT2D eigenvalue weighted by molar-refractivity contribution is 0.635. The van der Waals surface area contributed by atoms with Crippen LogP contribution in [0.1, 0.15) is 11.1 Å². The van der Waals surface area contributed by atoms with Gasteiger partial charge in [0.05, 0.1) is 23.1 Å². The average molecular weight is 246 g/mol. The van der Waals surface area contributed by atoms with Gasteiger partial charge in [-0.25, -0.2) is 4.39 Å². The maximum atomic E-state index is 13.7. The van der Waals surface area contributed by atoms with Gasteiger partial charge in [-0.05, 0) is 17.7 Å². The van der Waals surface area contributed by atoms with Crippen LogP contribution >= 0.6 is 11.6 Å². The van der Waals surface area contributed by atoms with Crippen molar-refractivity contribution in [3.8, 4) is 12.1 Å². The number of fused-ring (bicyclic) bond motifs is 1. The van der Waals surface area contributed by atoms with Crippen molar-refractivity contribution in [2.45, 2.75) is 6.42 Å². The van der Waals surface area contributed by atoms with Crippen LogP contribution in [-0.2, 0) is 6.42 Å². The molecule has 0 unspecified atom stereocenters. The summed E-state index contributed by atoms with van der Waals surface area (Å²) in [7, 11) is 0. The second-order valence-corrected chi connectivity index (χ2v) is 3.78. The van der Waals surface area contributed by atoms with E-state index >= 15 is 0 Å². The molecule has 3 nitrogen and oxygen atoms in total. The molecule has 2 rings (SSSR count). The first-order valence-electron chi connectivity index (χ1n) is 4.71. The number of benzene rings is 1. The first-order valence-corrected chi connectivity index (χ1v) is 5.09. The van der Waals surface area contributed by atoms with E-state index in [-0.39, 0.29) is 22.5 Å². The lowest BCUT2D eigenvalue weighted by atomic mass is 10.1. The Morgan fingerprint density at radius 2 is 2.12 bits per heavy atom. The highest BCUT2D eigenvalue weighted by Crippen LogP contribution is 2.28. The molecule has 2 aromatic rings. The minimum absolute atomic E-state index is 0.0833. The molecule has 0 N–H and O–H groups in total. The van der Waals surface area contributed by atoms with Gasteiger partial charge >= 0.3 is 0 Å². The zero-order chi connectivity index (χ0) is 12.4. The summed E-state index contributed by atoms with van der Waals surface area (Å²) in [5.41, 5.74) is 0.805. The monoisotopic (exact) mass is 245 g/mol. The maximum absolute atomic E-state index is 13.7. The van der Waals surface area contributed by atoms with Crippen LogP contribution in [0.4, 0.5) is 4.39 Å². The standard InChI is InChI=1S/C12H5ClFN3/c13-11-8(5-16)6-17-12-9(11)3-7(1-2-15)4-10(12)14/h3-4,6H,1H2. The third-order valence-corrected chi connectivity index (χ3v) is 2.73. The Balaban J connectivity index is 2.81. The highest BCUT2D eigenvalue weighted by atomic mass is 35.5. The Morgan fingerprint density at radius 3 is 2.76 bits per heavy atom. The smallest absolute Gasteiger partial charge is 0.149 e. The van der Waals surface area contributed by atoms with Crippen LogP contribution in [0.5, 0.6) is 0 Å². The van der Waals surface area contributed by atoms with Crippen LogP contribution < -0.4 is 0 Å². The molecule has 0 fully saturated rings. The average Bonchev–Trinajstić information content (AvgIpc) is 2.31. The molecule has 0 saturated carbocycles. The molecule has 82 valence electrons. The zero-order valence-corrected chi connectivity index (χ0v) is 9.29. The number of nitriles is 2. The topological polar surface area (TPSA) is 60.5 Å². The number of rotatable bonds is 1. The summed E-state index contributed by atoms with van der Waals surface area (Å²) in [5, 5.41) is 17.9. The molecule has 1 aromatic heterocycles. The van der Waals surface area contributed by atoms with Crippen molar-refractivity contribution in [2.75, 3.05) is 0 Å². The Morgan fingerprint density at radius 1 is 1.35 bits per heavy atom. The maximum Gasteiger partial charge on any atom is 0.149 e. The van der Waals surface area contributed by atoms with E-state index in [2.05, 4.69) is 4.98 Å². The molecule has 0 aliphatic heterocycles. The lowest BCUT2D eigenvalue weighted by Gasteiger charge is -2.04. The van der Waals surface area contributed by atoms with Gasteiger partial charge in [0.15, 0.2) is 0 Å². The quantitative estimate of drug-likeness (QED) is 0.776. The van der Waals surface area contributed by atoms with E-state index in [0.717, 1.165) is 0 Å². The van der Waals surface area contributed by atoms with Gasteiger partial charge in [-0.2, -0.15) is 10.5 Å². The predicted octanol–water partition coefficient (Wildman–Crippen LogP) is 2.97. The normalized spacial score (nSPS) is 9.88. The molecule has 17 heavy (non-hydrogen) atoms. The van der Waals surface area contributed by atoms with E-state index in [1.807, 2.05) is 12.1 Å². The van der Waals surface area contributed by atoms with Gasteiger partial charge < -0.3 is 0 Å². The molecule has 0 aliphatic carbocycles. The van der Waals surface area contributed by atoms with E-state index in [4.69, 9.17) is 22.1 Å². The molecule has 1 heterocycles. The van der Waals surface area contributed by atoms with Crippen molar-refractivity contribution < 1.29 is 4.39 Å². The van der Waals surface area contributed by atoms with Crippen molar-refractivity contribution in [1.29, 1.82) is 10.5 Å². The minimum atomic E-state index is -0.542. The van der Waals surface area contributed by atoms with E-state index < -0.39 is 5.82 Å². The largest absolute Gasteiger partial charge is 0.252 e. The van der Waals surface area contributed by atoms with Crippen LogP contribution in [-0.4, -0.2) is 4.98 Å². The number of nitrogens with zero attached hydrogens (tertiary/aromatic N) is 3. The van der Waals surface area contributed by atoms with Crippen LogP contribution in [0.25, 0.3) is 10.9 Å². The Labute approximate surface area is 102 Å². The zero-order valence-electron chi connectivity index (χ0n) is 8.54. The Kier molecular flexibility index (Phi) is 2.91. The fourth-order valence-corrected chi connectivity index (χ4v) is 1.79. The molecule has 0 aliphatic rings. The van der Waals surface area contributed by atoms with Crippen molar-refractivity contribution in [3.63, 3.8) is 0 Å². The van der Waals surface area contributed by atoms with Crippen molar-refractivity contribution >= 4 is 22.5 Å². The van der Waals surface area contributed by atoms with E-state index in [1.165, 1.54) is 12.3 Å². The first kappa shape index (κ1) is 11.3. The van der Waals surface area contributed by atoms with Crippen LogP contribution in [0.2, 0.25) is 5.02 Å². The second-order valence-electron chi connectivity index (χ2n) is 3.41. The van der Waals surface area contributed by atoms with Gasteiger partial charge in [0.2, 0.25) is 0 Å². The number of aromatic nitrogens is 1. The number of halogens is 2. The van der Waals surface area contributed by atoms with Gasteiger partial charge in [-0.1, -0.05) is 11.6 Å². The highest BCUT2D eigenvalue weighted by Gasteiger charge is 2.11. The van der Waals surface area contributed by atoms with Crippen LogP contribution in [0.3, 0.4) is 0 Å². The SMILES string of the molecule is N#CCc1cc(F)c2ncc(C#N)c(Cl)c2c1. The summed E-state index contributed by atoms with van der Waals surface area (Å²) in [6, 6.07) is 6.64. The number of pyridine rings is 1. The third-order valence-electron chi connectivity index (χ3n) is 2.32. The molecule has 0 radical (unpaired) electrons. The predicted molar refractivity (Wildman–Crippen MR) is 60.7 cm³/mol. The molecule has 0 saturated heterocycles. The molecular weight excluding hydrogens is 241 g/mol. The molecule has 5 heteroatoms. The summed E-state index contributed by atoms with van der Waals surface area (Å²) in [4.78, 5) is 3.85. The number of hydrogen-bond donors (Lipinski definition) is 0. The molecule has 0 bridgehead atoms. The van der Waals surface area contributed by atoms with Gasteiger partial charge in [0.25, 0.3) is 0 Å². The summed E-state index contributed by atoms with van der Waals surface area (Å²) in [5.74, 6) is -0.542. The van der Waals surface area contributed by atoms with E-state index in [9.17, 15) is 4.39 Å². The molecule has 0 atom stereocenters. The number of hydrogen-bond acceptors (Lipinski definition) is 3. The van der Waals surface area contributed by atoms with Gasteiger partial charge in [0.1, 0.15) is 17.4 Å². The molecular formula is C12H5ClFN3. The molecule has 0 amide bonds. The molecule has 1 aromatic carbocycles.